The number of fused-ring (bicyclic) bond motifs is 1. The minimum atomic E-state index is -0.836. The molecule has 3 aromatic rings. The van der Waals surface area contributed by atoms with Crippen LogP contribution >= 0.6 is 0 Å². The van der Waals surface area contributed by atoms with E-state index in [-0.39, 0.29) is 11.4 Å². The standard InChI is InChI=1S/C17H13N5O5/c18-7-10(16-19-11-3-1-2-4-12(11)20-16)13(23)9-27-15(25)8-22-6-5-14(24)21-17(22)26/h1-6,23H,8-9H2,(H,19,20)(H,21,24,26)/b13-10-. The van der Waals surface area contributed by atoms with Crippen LogP contribution in [0.15, 0.2) is 51.9 Å². The zero-order chi connectivity index (χ0) is 19.4. The molecule has 3 rings (SSSR count). The van der Waals surface area contributed by atoms with Crippen LogP contribution in [0.1, 0.15) is 5.82 Å². The number of nitrogens with zero attached hydrogens (tertiary/aromatic N) is 3. The molecule has 0 aliphatic rings. The van der Waals surface area contributed by atoms with Crippen molar-refractivity contribution < 1.29 is 14.6 Å². The van der Waals surface area contributed by atoms with E-state index in [1.54, 1.807) is 24.3 Å². The lowest BCUT2D eigenvalue weighted by atomic mass is 10.2. The molecule has 10 nitrogen and oxygen atoms in total. The molecule has 136 valence electrons. The van der Waals surface area contributed by atoms with E-state index in [1.165, 1.54) is 0 Å². The Morgan fingerprint density at radius 2 is 2.04 bits per heavy atom. The van der Waals surface area contributed by atoms with Gasteiger partial charge in [0.15, 0.2) is 11.6 Å². The number of aliphatic hydroxyl groups excluding tert-OH is 1. The summed E-state index contributed by atoms with van der Waals surface area (Å²) in [4.78, 5) is 43.4. The molecule has 1 aromatic carbocycles. The molecular weight excluding hydrogens is 354 g/mol. The Labute approximate surface area is 151 Å². The quantitative estimate of drug-likeness (QED) is 0.336. The smallest absolute Gasteiger partial charge is 0.328 e. The lowest BCUT2D eigenvalue weighted by Crippen LogP contribution is -2.31. The topological polar surface area (TPSA) is 154 Å². The van der Waals surface area contributed by atoms with Gasteiger partial charge >= 0.3 is 11.7 Å². The van der Waals surface area contributed by atoms with Gasteiger partial charge in [0.05, 0.1) is 11.0 Å². The molecule has 0 saturated carbocycles. The van der Waals surface area contributed by atoms with Crippen molar-refractivity contribution in [3.05, 3.63) is 69.0 Å². The number of nitrogens with one attached hydrogen (secondary N) is 2. The van der Waals surface area contributed by atoms with Crippen molar-refractivity contribution in [2.24, 2.45) is 0 Å². The van der Waals surface area contributed by atoms with Crippen LogP contribution in [0.2, 0.25) is 0 Å². The van der Waals surface area contributed by atoms with Gasteiger partial charge in [0, 0.05) is 12.3 Å². The van der Waals surface area contributed by atoms with Gasteiger partial charge < -0.3 is 14.8 Å². The summed E-state index contributed by atoms with van der Waals surface area (Å²) in [6.07, 6.45) is 1.15. The molecule has 0 bridgehead atoms. The van der Waals surface area contributed by atoms with Crippen molar-refractivity contribution in [1.82, 2.24) is 19.5 Å². The van der Waals surface area contributed by atoms with Crippen LogP contribution in [0.4, 0.5) is 0 Å². The van der Waals surface area contributed by atoms with E-state index < -0.39 is 36.1 Å². The Balaban J connectivity index is 1.73. The van der Waals surface area contributed by atoms with E-state index in [0.717, 1.165) is 16.8 Å². The average Bonchev–Trinajstić information content (AvgIpc) is 3.06. The summed E-state index contributed by atoms with van der Waals surface area (Å²) in [5.74, 6) is -1.18. The number of hydrogen-bond donors (Lipinski definition) is 3. The highest BCUT2D eigenvalue weighted by Crippen LogP contribution is 2.18. The molecule has 0 unspecified atom stereocenters. The number of aromatic nitrogens is 4. The zero-order valence-corrected chi connectivity index (χ0v) is 13.8. The molecule has 0 spiro atoms. The van der Waals surface area contributed by atoms with Gasteiger partial charge in [0.1, 0.15) is 24.8 Å². The second-order valence-corrected chi connectivity index (χ2v) is 5.43. The highest BCUT2D eigenvalue weighted by atomic mass is 16.5. The number of hydrogen-bond acceptors (Lipinski definition) is 7. The third-order valence-electron chi connectivity index (χ3n) is 3.59. The first-order valence-electron chi connectivity index (χ1n) is 7.70. The molecule has 2 heterocycles. The normalized spacial score (nSPS) is 11.7. The van der Waals surface area contributed by atoms with Crippen LogP contribution in [-0.2, 0) is 16.1 Å². The first kappa shape index (κ1) is 17.7. The molecule has 0 radical (unpaired) electrons. The maximum Gasteiger partial charge on any atom is 0.328 e. The van der Waals surface area contributed by atoms with Crippen molar-refractivity contribution in [3.63, 3.8) is 0 Å². The van der Waals surface area contributed by atoms with E-state index >= 15 is 0 Å². The van der Waals surface area contributed by atoms with Gasteiger partial charge in [0.25, 0.3) is 5.56 Å². The maximum atomic E-state index is 11.8. The number of H-pyrrole nitrogens is 2. The summed E-state index contributed by atoms with van der Waals surface area (Å²) in [5.41, 5.74) is -0.223. The third kappa shape index (κ3) is 3.93. The fraction of sp³-hybridized carbons (Fsp3) is 0.118. The molecule has 0 aliphatic carbocycles. The summed E-state index contributed by atoms with van der Waals surface area (Å²) < 4.78 is 5.82. The Morgan fingerprint density at radius 1 is 1.26 bits per heavy atom. The first-order chi connectivity index (χ1) is 13.0. The maximum absolute atomic E-state index is 11.8. The van der Waals surface area contributed by atoms with Crippen LogP contribution in [0.25, 0.3) is 16.6 Å². The van der Waals surface area contributed by atoms with E-state index in [4.69, 9.17) is 4.74 Å². The van der Waals surface area contributed by atoms with E-state index in [0.29, 0.717) is 11.0 Å². The molecule has 0 amide bonds. The summed E-state index contributed by atoms with van der Waals surface area (Å²) in [6.45, 7) is -1.04. The number of carbonyl (C=O) groups is 1. The number of aliphatic hydroxyl groups is 1. The minimum absolute atomic E-state index is 0.143. The Hall–Kier alpha value is -4.13. The van der Waals surface area contributed by atoms with Crippen molar-refractivity contribution in [2.45, 2.75) is 6.54 Å². The molecule has 10 heteroatoms. The second kappa shape index (κ2) is 7.40. The highest BCUT2D eigenvalue weighted by molar-refractivity contribution is 5.82. The number of para-hydroxylation sites is 2. The number of allylic oxidation sites excluding steroid dienone is 1. The molecule has 0 fully saturated rings. The zero-order valence-electron chi connectivity index (χ0n) is 13.8. The average molecular weight is 367 g/mol. The van der Waals surface area contributed by atoms with Gasteiger partial charge in [-0.25, -0.2) is 9.78 Å². The summed E-state index contributed by atoms with van der Waals surface area (Å²) >= 11 is 0. The molecule has 0 saturated heterocycles. The van der Waals surface area contributed by atoms with Gasteiger partial charge in [-0.3, -0.25) is 19.1 Å². The number of rotatable bonds is 5. The molecule has 3 N–H and O–H groups in total. The lowest BCUT2D eigenvalue weighted by molar-refractivity contribution is -0.144. The Bertz CT molecular complexity index is 1160. The van der Waals surface area contributed by atoms with Crippen molar-refractivity contribution >= 4 is 22.6 Å². The van der Waals surface area contributed by atoms with Crippen LogP contribution in [0.5, 0.6) is 0 Å². The highest BCUT2D eigenvalue weighted by Gasteiger charge is 2.15. The number of imidazole rings is 1. The van der Waals surface area contributed by atoms with Crippen LogP contribution in [0.3, 0.4) is 0 Å². The molecular formula is C17H13N5O5. The summed E-state index contributed by atoms with van der Waals surface area (Å²) in [6, 6.07) is 9.98. The molecule has 0 aliphatic heterocycles. The number of ether oxygens (including phenoxy) is 1. The molecule has 0 atom stereocenters. The predicted molar refractivity (Wildman–Crippen MR) is 93.5 cm³/mol. The van der Waals surface area contributed by atoms with Crippen molar-refractivity contribution in [2.75, 3.05) is 6.61 Å². The van der Waals surface area contributed by atoms with E-state index in [1.807, 2.05) is 11.1 Å². The van der Waals surface area contributed by atoms with Crippen LogP contribution in [-0.4, -0.2) is 37.2 Å². The van der Waals surface area contributed by atoms with Gasteiger partial charge in [-0.1, -0.05) is 12.1 Å². The predicted octanol–water partition coefficient (Wildman–Crippen LogP) is 0.449. The Morgan fingerprint density at radius 3 is 2.74 bits per heavy atom. The largest absolute Gasteiger partial charge is 0.507 e. The first-order valence-corrected chi connectivity index (χ1v) is 7.70. The fourth-order valence-corrected chi connectivity index (χ4v) is 2.30. The van der Waals surface area contributed by atoms with Crippen molar-refractivity contribution in [3.8, 4) is 6.07 Å². The number of aromatic amines is 2. The second-order valence-electron chi connectivity index (χ2n) is 5.43. The monoisotopic (exact) mass is 367 g/mol. The van der Waals surface area contributed by atoms with E-state index in [9.17, 15) is 24.8 Å². The SMILES string of the molecule is N#C/C(=C(/O)COC(=O)Cn1ccc(=O)[nH]c1=O)c1nc2ccccc2[nH]1. The number of benzene rings is 1. The summed E-state index contributed by atoms with van der Waals surface area (Å²) in [5, 5.41) is 19.4. The van der Waals surface area contributed by atoms with Crippen LogP contribution in [0, 0.1) is 11.3 Å². The molecule has 27 heavy (non-hydrogen) atoms. The fourth-order valence-electron chi connectivity index (χ4n) is 2.30. The number of carbonyl (C=O) groups excluding carboxylic acids is 1. The molecule has 2 aromatic heterocycles. The Kier molecular flexibility index (Phi) is 4.85. The van der Waals surface area contributed by atoms with Gasteiger partial charge in [-0.15, -0.1) is 0 Å². The minimum Gasteiger partial charge on any atom is -0.507 e. The van der Waals surface area contributed by atoms with Gasteiger partial charge in [-0.2, -0.15) is 5.26 Å². The van der Waals surface area contributed by atoms with Crippen molar-refractivity contribution in [1.29, 1.82) is 5.26 Å². The van der Waals surface area contributed by atoms with Crippen LogP contribution < -0.4 is 11.2 Å². The third-order valence-corrected chi connectivity index (χ3v) is 3.59. The summed E-state index contributed by atoms with van der Waals surface area (Å²) in [7, 11) is 0. The number of nitriles is 1. The van der Waals surface area contributed by atoms with E-state index in [2.05, 4.69) is 9.97 Å². The van der Waals surface area contributed by atoms with Gasteiger partial charge in [0.2, 0.25) is 0 Å². The van der Waals surface area contributed by atoms with Gasteiger partial charge in [-0.05, 0) is 12.1 Å². The lowest BCUT2D eigenvalue weighted by Gasteiger charge is -2.06. The number of esters is 1.